The third kappa shape index (κ3) is 4.20. The SMILES string of the molecule is CC(NC1CCCCCCC1)c1cc(F)ccc1O. The van der Waals surface area contributed by atoms with E-state index in [4.69, 9.17) is 0 Å². The summed E-state index contributed by atoms with van der Waals surface area (Å²) < 4.78 is 13.3. The fourth-order valence-corrected chi connectivity index (χ4v) is 2.94. The van der Waals surface area contributed by atoms with Gasteiger partial charge >= 0.3 is 0 Å². The Labute approximate surface area is 115 Å². The lowest BCUT2D eigenvalue weighted by atomic mass is 9.95. The zero-order valence-corrected chi connectivity index (χ0v) is 11.7. The Morgan fingerprint density at radius 1 is 1.16 bits per heavy atom. The molecular formula is C16H24FNO. The lowest BCUT2D eigenvalue weighted by Gasteiger charge is -2.25. The summed E-state index contributed by atoms with van der Waals surface area (Å²) in [6.45, 7) is 1.99. The van der Waals surface area contributed by atoms with Gasteiger partial charge in [0.25, 0.3) is 0 Å². The molecule has 1 aromatic carbocycles. The predicted octanol–water partition coefficient (Wildman–Crippen LogP) is 4.29. The Morgan fingerprint density at radius 3 is 2.47 bits per heavy atom. The highest BCUT2D eigenvalue weighted by molar-refractivity contribution is 5.34. The number of benzene rings is 1. The van der Waals surface area contributed by atoms with Crippen LogP contribution in [0.4, 0.5) is 4.39 Å². The summed E-state index contributed by atoms with van der Waals surface area (Å²) in [5, 5.41) is 13.4. The van der Waals surface area contributed by atoms with Gasteiger partial charge < -0.3 is 10.4 Å². The maximum absolute atomic E-state index is 13.3. The molecule has 106 valence electrons. The maximum atomic E-state index is 13.3. The van der Waals surface area contributed by atoms with Crippen molar-refractivity contribution in [1.29, 1.82) is 0 Å². The van der Waals surface area contributed by atoms with Crippen molar-refractivity contribution in [2.24, 2.45) is 0 Å². The van der Waals surface area contributed by atoms with E-state index in [9.17, 15) is 9.50 Å². The summed E-state index contributed by atoms with van der Waals surface area (Å²) in [5.41, 5.74) is 0.655. The van der Waals surface area contributed by atoms with Gasteiger partial charge in [-0.05, 0) is 38.0 Å². The van der Waals surface area contributed by atoms with Crippen LogP contribution in [-0.4, -0.2) is 11.1 Å². The van der Waals surface area contributed by atoms with Crippen LogP contribution >= 0.6 is 0 Å². The standard InChI is InChI=1S/C16H24FNO/c1-12(15-11-13(17)9-10-16(15)19)18-14-7-5-3-2-4-6-8-14/h9-12,14,18-19H,2-8H2,1H3. The third-order valence-electron chi connectivity index (χ3n) is 4.05. The molecule has 1 aliphatic carbocycles. The third-order valence-corrected chi connectivity index (χ3v) is 4.05. The highest BCUT2D eigenvalue weighted by Crippen LogP contribution is 2.26. The Kier molecular flexibility index (Phi) is 5.20. The van der Waals surface area contributed by atoms with Gasteiger partial charge in [0.2, 0.25) is 0 Å². The quantitative estimate of drug-likeness (QED) is 0.854. The van der Waals surface area contributed by atoms with Crippen LogP contribution in [0, 0.1) is 5.82 Å². The number of hydrogen-bond acceptors (Lipinski definition) is 2. The van der Waals surface area contributed by atoms with Crippen LogP contribution in [0.5, 0.6) is 5.75 Å². The molecule has 0 heterocycles. The molecule has 19 heavy (non-hydrogen) atoms. The van der Waals surface area contributed by atoms with Crippen LogP contribution < -0.4 is 5.32 Å². The van der Waals surface area contributed by atoms with Crippen molar-refractivity contribution in [2.45, 2.75) is 64.0 Å². The molecule has 0 bridgehead atoms. The van der Waals surface area contributed by atoms with Crippen molar-refractivity contribution in [3.8, 4) is 5.75 Å². The molecule has 2 nitrogen and oxygen atoms in total. The summed E-state index contributed by atoms with van der Waals surface area (Å²) in [7, 11) is 0. The summed E-state index contributed by atoms with van der Waals surface area (Å²) in [5.74, 6) is -0.119. The number of aromatic hydroxyl groups is 1. The first kappa shape index (κ1) is 14.3. The topological polar surface area (TPSA) is 32.3 Å². The average Bonchev–Trinajstić information content (AvgIpc) is 2.35. The van der Waals surface area contributed by atoms with Gasteiger partial charge in [-0.25, -0.2) is 4.39 Å². The molecule has 2 N–H and O–H groups in total. The van der Waals surface area contributed by atoms with Crippen LogP contribution in [0.25, 0.3) is 0 Å². The number of halogens is 1. The monoisotopic (exact) mass is 265 g/mol. The second-order valence-corrected chi connectivity index (χ2v) is 5.63. The van der Waals surface area contributed by atoms with Crippen molar-refractivity contribution in [3.63, 3.8) is 0 Å². The number of rotatable bonds is 3. The van der Waals surface area contributed by atoms with Gasteiger partial charge in [0.1, 0.15) is 11.6 Å². The normalized spacial score (nSPS) is 19.7. The first-order chi connectivity index (χ1) is 9.16. The lowest BCUT2D eigenvalue weighted by molar-refractivity contribution is 0.356. The number of phenols is 1. The maximum Gasteiger partial charge on any atom is 0.123 e. The minimum Gasteiger partial charge on any atom is -0.508 e. The Balaban J connectivity index is 1.98. The van der Waals surface area contributed by atoms with Gasteiger partial charge in [-0.15, -0.1) is 0 Å². The molecule has 1 unspecified atom stereocenters. The Bertz CT molecular complexity index is 400. The molecule has 0 spiro atoms. The molecule has 1 aromatic rings. The van der Waals surface area contributed by atoms with Crippen molar-refractivity contribution in [3.05, 3.63) is 29.6 Å². The van der Waals surface area contributed by atoms with E-state index in [1.165, 1.54) is 63.1 Å². The second kappa shape index (κ2) is 6.90. The van der Waals surface area contributed by atoms with E-state index in [0.717, 1.165) is 0 Å². The van der Waals surface area contributed by atoms with Crippen molar-refractivity contribution in [2.75, 3.05) is 0 Å². The van der Waals surface area contributed by atoms with Crippen molar-refractivity contribution < 1.29 is 9.50 Å². The van der Waals surface area contributed by atoms with Gasteiger partial charge in [0, 0.05) is 17.6 Å². The van der Waals surface area contributed by atoms with E-state index < -0.39 is 0 Å². The summed E-state index contributed by atoms with van der Waals surface area (Å²) in [6, 6.07) is 4.62. The van der Waals surface area contributed by atoms with Crippen LogP contribution in [0.2, 0.25) is 0 Å². The van der Waals surface area contributed by atoms with Crippen molar-refractivity contribution in [1.82, 2.24) is 5.32 Å². The molecule has 3 heteroatoms. The fourth-order valence-electron chi connectivity index (χ4n) is 2.94. The van der Waals surface area contributed by atoms with E-state index in [1.807, 2.05) is 6.92 Å². The first-order valence-corrected chi connectivity index (χ1v) is 7.41. The number of nitrogens with one attached hydrogen (secondary N) is 1. The van der Waals surface area contributed by atoms with Gasteiger partial charge in [-0.2, -0.15) is 0 Å². The van der Waals surface area contributed by atoms with E-state index in [1.54, 1.807) is 0 Å². The lowest BCUT2D eigenvalue weighted by Crippen LogP contribution is -2.32. The predicted molar refractivity (Wildman–Crippen MR) is 75.7 cm³/mol. The van der Waals surface area contributed by atoms with Crippen LogP contribution in [0.1, 0.15) is 63.5 Å². The number of phenolic OH excluding ortho intramolecular Hbond substituents is 1. The number of hydrogen-bond donors (Lipinski definition) is 2. The molecule has 1 saturated carbocycles. The molecule has 0 saturated heterocycles. The highest BCUT2D eigenvalue weighted by atomic mass is 19.1. The molecule has 0 radical (unpaired) electrons. The van der Waals surface area contributed by atoms with Gasteiger partial charge in [0.15, 0.2) is 0 Å². The smallest absolute Gasteiger partial charge is 0.123 e. The molecule has 0 amide bonds. The zero-order valence-electron chi connectivity index (χ0n) is 11.7. The van der Waals surface area contributed by atoms with E-state index in [-0.39, 0.29) is 17.6 Å². The minimum absolute atomic E-state index is 0.0138. The van der Waals surface area contributed by atoms with Gasteiger partial charge in [-0.1, -0.05) is 32.1 Å². The van der Waals surface area contributed by atoms with Crippen LogP contribution in [-0.2, 0) is 0 Å². The highest BCUT2D eigenvalue weighted by Gasteiger charge is 2.17. The molecular weight excluding hydrogens is 241 g/mol. The molecule has 1 aliphatic rings. The molecule has 0 aliphatic heterocycles. The fraction of sp³-hybridized carbons (Fsp3) is 0.625. The molecule has 1 fully saturated rings. The van der Waals surface area contributed by atoms with Crippen LogP contribution in [0.3, 0.4) is 0 Å². The minimum atomic E-state index is -0.292. The van der Waals surface area contributed by atoms with Crippen LogP contribution in [0.15, 0.2) is 18.2 Å². The summed E-state index contributed by atoms with van der Waals surface area (Å²) >= 11 is 0. The second-order valence-electron chi connectivity index (χ2n) is 5.63. The summed E-state index contributed by atoms with van der Waals surface area (Å²) in [4.78, 5) is 0. The Hall–Kier alpha value is -1.09. The van der Waals surface area contributed by atoms with Gasteiger partial charge in [-0.3, -0.25) is 0 Å². The van der Waals surface area contributed by atoms with Gasteiger partial charge in [0.05, 0.1) is 0 Å². The molecule has 2 rings (SSSR count). The average molecular weight is 265 g/mol. The molecule has 0 aromatic heterocycles. The largest absolute Gasteiger partial charge is 0.508 e. The van der Waals surface area contributed by atoms with E-state index in [2.05, 4.69) is 5.32 Å². The zero-order chi connectivity index (χ0) is 13.7. The molecule has 1 atom stereocenters. The summed E-state index contributed by atoms with van der Waals surface area (Å²) in [6.07, 6.45) is 8.88. The van der Waals surface area contributed by atoms with E-state index >= 15 is 0 Å². The first-order valence-electron chi connectivity index (χ1n) is 7.41. The Morgan fingerprint density at radius 2 is 1.79 bits per heavy atom. The van der Waals surface area contributed by atoms with Crippen molar-refractivity contribution >= 4 is 0 Å². The van der Waals surface area contributed by atoms with E-state index in [0.29, 0.717) is 11.6 Å².